The van der Waals surface area contributed by atoms with Gasteiger partial charge in [-0.25, -0.2) is 4.79 Å². The summed E-state index contributed by atoms with van der Waals surface area (Å²) in [6.45, 7) is 3.07. The average Bonchev–Trinajstić information content (AvgIpc) is 2.65. The number of rotatable bonds is 7. The molecule has 2 aromatic rings. The molecule has 0 aromatic heterocycles. The van der Waals surface area contributed by atoms with Crippen LogP contribution in [0, 0.1) is 0 Å². The normalized spacial score (nSPS) is 10.1. The first-order valence-electron chi connectivity index (χ1n) is 8.02. The van der Waals surface area contributed by atoms with Gasteiger partial charge in [-0.2, -0.15) is 0 Å². The predicted molar refractivity (Wildman–Crippen MR) is 97.6 cm³/mol. The largest absolute Gasteiger partial charge is 0.493 e. The lowest BCUT2D eigenvalue weighted by atomic mass is 10.2. The minimum Gasteiger partial charge on any atom is -0.493 e. The minimum absolute atomic E-state index is 0.194. The number of urea groups is 1. The fraction of sp³-hybridized carbons (Fsp3) is 0.316. The summed E-state index contributed by atoms with van der Waals surface area (Å²) in [5.41, 5.74) is 1.65. The van der Waals surface area contributed by atoms with E-state index >= 15 is 0 Å². The van der Waals surface area contributed by atoms with Crippen LogP contribution < -0.4 is 19.5 Å². The van der Waals surface area contributed by atoms with E-state index in [1.165, 1.54) is 21.3 Å². The molecule has 0 aliphatic heterocycles. The molecule has 0 fully saturated rings. The van der Waals surface area contributed by atoms with Crippen molar-refractivity contribution in [2.24, 2.45) is 0 Å². The summed E-state index contributed by atoms with van der Waals surface area (Å²) in [7, 11) is 4.62. The number of nitrogens with one attached hydrogen (secondary N) is 1. The first-order valence-corrected chi connectivity index (χ1v) is 8.02. The van der Waals surface area contributed by atoms with E-state index in [0.29, 0.717) is 36.0 Å². The zero-order chi connectivity index (χ0) is 18.2. The highest BCUT2D eigenvalue weighted by Gasteiger charge is 2.17. The molecule has 0 atom stereocenters. The summed E-state index contributed by atoms with van der Waals surface area (Å²) < 4.78 is 15.9. The smallest absolute Gasteiger partial charge is 0.322 e. The predicted octanol–water partition coefficient (Wildman–Crippen LogP) is 3.77. The summed E-state index contributed by atoms with van der Waals surface area (Å²) in [6, 6.07) is 13.1. The maximum atomic E-state index is 12.6. The SMILES string of the molecule is CCN(Cc1ccccc1)C(=O)Nc1cc(OC)c(OC)c(OC)c1. The molecule has 6 heteroatoms. The van der Waals surface area contributed by atoms with Crippen molar-refractivity contribution in [3.63, 3.8) is 0 Å². The molecule has 0 spiro atoms. The number of hydrogen-bond acceptors (Lipinski definition) is 4. The molecule has 0 radical (unpaired) electrons. The number of amides is 2. The molecule has 6 nitrogen and oxygen atoms in total. The molecule has 134 valence electrons. The van der Waals surface area contributed by atoms with Crippen LogP contribution in [0.25, 0.3) is 0 Å². The van der Waals surface area contributed by atoms with Crippen molar-refractivity contribution in [1.29, 1.82) is 0 Å². The Kier molecular flexibility index (Phi) is 6.51. The summed E-state index contributed by atoms with van der Waals surface area (Å²) in [4.78, 5) is 14.3. The van der Waals surface area contributed by atoms with Crippen LogP contribution in [0.1, 0.15) is 12.5 Å². The topological polar surface area (TPSA) is 60.0 Å². The molecular formula is C19H24N2O4. The number of carbonyl (C=O) groups is 1. The Morgan fingerprint density at radius 3 is 2.08 bits per heavy atom. The maximum Gasteiger partial charge on any atom is 0.322 e. The van der Waals surface area contributed by atoms with Crippen molar-refractivity contribution in [1.82, 2.24) is 4.90 Å². The maximum absolute atomic E-state index is 12.6. The number of ether oxygens (including phenoxy) is 3. The van der Waals surface area contributed by atoms with Gasteiger partial charge in [0.1, 0.15) is 0 Å². The molecule has 25 heavy (non-hydrogen) atoms. The molecule has 0 heterocycles. The van der Waals surface area contributed by atoms with Crippen LogP contribution in [0.5, 0.6) is 17.2 Å². The highest BCUT2D eigenvalue weighted by Crippen LogP contribution is 2.39. The van der Waals surface area contributed by atoms with Gasteiger partial charge < -0.3 is 24.4 Å². The summed E-state index contributed by atoms with van der Waals surface area (Å²) >= 11 is 0. The van der Waals surface area contributed by atoms with Crippen LogP contribution in [0.2, 0.25) is 0 Å². The second kappa shape index (κ2) is 8.82. The second-order valence-corrected chi connectivity index (χ2v) is 5.34. The fourth-order valence-electron chi connectivity index (χ4n) is 2.49. The van der Waals surface area contributed by atoms with Crippen molar-refractivity contribution in [2.75, 3.05) is 33.2 Å². The van der Waals surface area contributed by atoms with E-state index in [0.717, 1.165) is 5.56 Å². The Morgan fingerprint density at radius 1 is 1.00 bits per heavy atom. The van der Waals surface area contributed by atoms with Crippen LogP contribution in [0.3, 0.4) is 0 Å². The van der Waals surface area contributed by atoms with Gasteiger partial charge in [-0.1, -0.05) is 30.3 Å². The number of carbonyl (C=O) groups excluding carboxylic acids is 1. The monoisotopic (exact) mass is 344 g/mol. The Balaban J connectivity index is 2.18. The van der Waals surface area contributed by atoms with E-state index in [2.05, 4.69) is 5.32 Å². The lowest BCUT2D eigenvalue weighted by molar-refractivity contribution is 0.212. The van der Waals surface area contributed by atoms with Crippen LogP contribution in [-0.2, 0) is 6.54 Å². The van der Waals surface area contributed by atoms with Crippen molar-refractivity contribution >= 4 is 11.7 Å². The number of hydrogen-bond donors (Lipinski definition) is 1. The minimum atomic E-state index is -0.194. The highest BCUT2D eigenvalue weighted by molar-refractivity contribution is 5.90. The number of anilines is 1. The lowest BCUT2D eigenvalue weighted by Crippen LogP contribution is -2.34. The first-order chi connectivity index (χ1) is 12.1. The number of benzene rings is 2. The van der Waals surface area contributed by atoms with Crippen molar-refractivity contribution in [3.8, 4) is 17.2 Å². The van der Waals surface area contributed by atoms with Gasteiger partial charge in [-0.15, -0.1) is 0 Å². The molecule has 2 aromatic carbocycles. The molecular weight excluding hydrogens is 320 g/mol. The van der Waals surface area contributed by atoms with E-state index in [4.69, 9.17) is 14.2 Å². The van der Waals surface area contributed by atoms with Gasteiger partial charge >= 0.3 is 6.03 Å². The molecule has 1 N–H and O–H groups in total. The van der Waals surface area contributed by atoms with Crippen molar-refractivity contribution in [3.05, 3.63) is 48.0 Å². The van der Waals surface area contributed by atoms with Gasteiger partial charge in [0.25, 0.3) is 0 Å². The number of methoxy groups -OCH3 is 3. The molecule has 0 aliphatic rings. The third-order valence-electron chi connectivity index (χ3n) is 3.80. The van der Waals surface area contributed by atoms with Gasteiger partial charge in [0.05, 0.1) is 27.0 Å². The van der Waals surface area contributed by atoms with Crippen molar-refractivity contribution < 1.29 is 19.0 Å². The molecule has 0 bridgehead atoms. The Bertz CT molecular complexity index is 679. The zero-order valence-electron chi connectivity index (χ0n) is 15.0. The quantitative estimate of drug-likeness (QED) is 0.831. The second-order valence-electron chi connectivity index (χ2n) is 5.34. The molecule has 0 saturated heterocycles. The first kappa shape index (κ1) is 18.4. The Morgan fingerprint density at radius 2 is 1.60 bits per heavy atom. The Labute approximate surface area is 148 Å². The van der Waals surface area contributed by atoms with E-state index in [-0.39, 0.29) is 6.03 Å². The van der Waals surface area contributed by atoms with E-state index in [1.54, 1.807) is 17.0 Å². The fourth-order valence-corrected chi connectivity index (χ4v) is 2.49. The van der Waals surface area contributed by atoms with Crippen LogP contribution in [0.15, 0.2) is 42.5 Å². The van der Waals surface area contributed by atoms with Gasteiger partial charge in [0.2, 0.25) is 5.75 Å². The van der Waals surface area contributed by atoms with Gasteiger partial charge in [0.15, 0.2) is 11.5 Å². The van der Waals surface area contributed by atoms with Crippen LogP contribution in [0.4, 0.5) is 10.5 Å². The van der Waals surface area contributed by atoms with Crippen LogP contribution in [-0.4, -0.2) is 38.8 Å². The van der Waals surface area contributed by atoms with Gasteiger partial charge in [0, 0.05) is 25.2 Å². The van der Waals surface area contributed by atoms with E-state index in [1.807, 2.05) is 37.3 Å². The number of nitrogens with zero attached hydrogens (tertiary/aromatic N) is 1. The van der Waals surface area contributed by atoms with Crippen LogP contribution >= 0.6 is 0 Å². The van der Waals surface area contributed by atoms with Gasteiger partial charge in [-0.3, -0.25) is 0 Å². The standard InChI is InChI=1S/C19H24N2O4/c1-5-21(13-14-9-7-6-8-10-14)19(22)20-15-11-16(23-2)18(25-4)17(12-15)24-3/h6-12H,5,13H2,1-4H3,(H,20,22). The van der Waals surface area contributed by atoms with Gasteiger partial charge in [-0.05, 0) is 12.5 Å². The summed E-state index contributed by atoms with van der Waals surface area (Å²) in [6.07, 6.45) is 0. The van der Waals surface area contributed by atoms with E-state index < -0.39 is 0 Å². The summed E-state index contributed by atoms with van der Waals surface area (Å²) in [5.74, 6) is 1.46. The average molecular weight is 344 g/mol. The molecule has 0 aliphatic carbocycles. The third-order valence-corrected chi connectivity index (χ3v) is 3.80. The molecule has 2 rings (SSSR count). The van der Waals surface area contributed by atoms with Crippen molar-refractivity contribution in [2.45, 2.75) is 13.5 Å². The molecule has 0 saturated carbocycles. The summed E-state index contributed by atoms with van der Waals surface area (Å²) in [5, 5.41) is 2.89. The zero-order valence-corrected chi connectivity index (χ0v) is 15.0. The molecule has 0 unspecified atom stereocenters. The third kappa shape index (κ3) is 4.56. The highest BCUT2D eigenvalue weighted by atomic mass is 16.5. The Hall–Kier alpha value is -2.89. The molecule has 2 amide bonds. The lowest BCUT2D eigenvalue weighted by Gasteiger charge is -2.22. The van der Waals surface area contributed by atoms with E-state index in [9.17, 15) is 4.79 Å².